The first-order valence-electron chi connectivity index (χ1n) is 11.6. The van der Waals surface area contributed by atoms with Crippen LogP contribution in [0.3, 0.4) is 0 Å². The molecule has 0 atom stereocenters. The molecule has 0 radical (unpaired) electrons. The van der Waals surface area contributed by atoms with Gasteiger partial charge in [0.25, 0.3) is 0 Å². The molecule has 0 bridgehead atoms. The monoisotopic (exact) mass is 650 g/mol. The van der Waals surface area contributed by atoms with E-state index in [9.17, 15) is 0 Å². The van der Waals surface area contributed by atoms with E-state index in [1.807, 2.05) is 111 Å². The Balaban J connectivity index is 0.00000118. The molecule has 5 nitrogen and oxygen atoms in total. The van der Waals surface area contributed by atoms with Gasteiger partial charge in [-0.15, -0.1) is 0 Å². The molecule has 0 aliphatic heterocycles. The number of benzene rings is 3. The van der Waals surface area contributed by atoms with E-state index in [0.29, 0.717) is 25.0 Å². The largest absolute Gasteiger partial charge is 0.473 e. The minimum absolute atomic E-state index is 0. The van der Waals surface area contributed by atoms with Gasteiger partial charge in [-0.05, 0) is 39.2 Å². The second kappa shape index (κ2) is 14.7. The van der Waals surface area contributed by atoms with Crippen LogP contribution in [0, 0.1) is 7.43 Å². The summed E-state index contributed by atoms with van der Waals surface area (Å²) >= 11 is 3.64. The first-order valence-corrected chi connectivity index (χ1v) is 12.4. The van der Waals surface area contributed by atoms with Crippen molar-refractivity contribution in [3.8, 4) is 23.0 Å². The van der Waals surface area contributed by atoms with E-state index in [0.717, 1.165) is 37.8 Å². The molecule has 5 rings (SSSR count). The normalized spacial score (nSPS) is 9.95. The standard InChI is InChI=1S/C27H22BrN3O2.C2H6.CH3.Pd/c1-31-26-21(13-8-14-23(26)28)25(30-31)22-15-16-24(32-17-19-9-4-2-5-10-19)29-27(22)33-18-20-11-6-3-7-12-20;1-2;;/h2-16H,17-18H2,1H3;1-2H3;1H3;/q;;-1;. The van der Waals surface area contributed by atoms with Crippen LogP contribution < -0.4 is 9.47 Å². The van der Waals surface area contributed by atoms with Crippen molar-refractivity contribution in [2.24, 2.45) is 7.05 Å². The van der Waals surface area contributed by atoms with Crippen molar-refractivity contribution in [3.63, 3.8) is 0 Å². The zero-order valence-electron chi connectivity index (χ0n) is 21.4. The molecule has 0 saturated heterocycles. The minimum atomic E-state index is 0. The second-order valence-electron chi connectivity index (χ2n) is 7.66. The third kappa shape index (κ3) is 7.29. The number of nitrogens with zero attached hydrogens (tertiary/aromatic N) is 3. The Morgan fingerprint density at radius 2 is 1.35 bits per heavy atom. The Bertz CT molecular complexity index is 1390. The topological polar surface area (TPSA) is 49.2 Å². The first kappa shape index (κ1) is 30.2. The molecule has 37 heavy (non-hydrogen) atoms. The summed E-state index contributed by atoms with van der Waals surface area (Å²) in [5.41, 5.74) is 4.80. The van der Waals surface area contributed by atoms with Gasteiger partial charge in [0, 0.05) is 43.4 Å². The maximum Gasteiger partial charge on any atom is 0.226 e. The number of rotatable bonds is 7. The zero-order chi connectivity index (χ0) is 24.6. The van der Waals surface area contributed by atoms with Gasteiger partial charge in [-0.3, -0.25) is 4.68 Å². The van der Waals surface area contributed by atoms with Gasteiger partial charge in [0.1, 0.15) is 18.9 Å². The summed E-state index contributed by atoms with van der Waals surface area (Å²) in [5.74, 6) is 0.997. The summed E-state index contributed by atoms with van der Waals surface area (Å²) in [5, 5.41) is 5.81. The van der Waals surface area contributed by atoms with Crippen molar-refractivity contribution < 1.29 is 29.9 Å². The molecule has 7 heteroatoms. The van der Waals surface area contributed by atoms with Gasteiger partial charge in [0.15, 0.2) is 0 Å². The maximum atomic E-state index is 6.21. The molecule has 0 saturated carbocycles. The Morgan fingerprint density at radius 1 is 0.757 bits per heavy atom. The van der Waals surface area contributed by atoms with E-state index in [1.54, 1.807) is 0 Å². The second-order valence-corrected chi connectivity index (χ2v) is 8.51. The summed E-state index contributed by atoms with van der Waals surface area (Å²) in [6.45, 7) is 4.84. The Kier molecular flexibility index (Phi) is 12.0. The quantitative estimate of drug-likeness (QED) is 0.132. The predicted molar refractivity (Wildman–Crippen MR) is 151 cm³/mol. The van der Waals surface area contributed by atoms with Crippen LogP contribution in [-0.4, -0.2) is 14.8 Å². The fraction of sp³-hybridized carbons (Fsp3) is 0.167. The number of hydrogen-bond acceptors (Lipinski definition) is 4. The molecule has 3 aromatic carbocycles. The molecular weight excluding hydrogens is 621 g/mol. The SMILES string of the molecule is CC.Cn1nc(-c2ccc(OCc3ccccc3)nc2OCc2ccccc2)c2cccc(Br)c21.[CH3-].[Pd]. The summed E-state index contributed by atoms with van der Waals surface area (Å²) in [6, 6.07) is 30.0. The fourth-order valence-corrected chi connectivity index (χ4v) is 4.36. The van der Waals surface area contributed by atoms with Gasteiger partial charge in [0.2, 0.25) is 11.8 Å². The summed E-state index contributed by atoms with van der Waals surface area (Å²) in [4.78, 5) is 4.71. The molecule has 0 aliphatic carbocycles. The van der Waals surface area contributed by atoms with Crippen LogP contribution in [0.15, 0.2) is 95.5 Å². The number of para-hydroxylation sites is 1. The van der Waals surface area contributed by atoms with Gasteiger partial charge in [-0.2, -0.15) is 10.1 Å². The average Bonchev–Trinajstić information content (AvgIpc) is 3.26. The molecule has 2 heterocycles. The van der Waals surface area contributed by atoms with Crippen LogP contribution in [0.25, 0.3) is 22.2 Å². The van der Waals surface area contributed by atoms with Gasteiger partial charge in [0.05, 0.1) is 11.1 Å². The van der Waals surface area contributed by atoms with E-state index >= 15 is 0 Å². The van der Waals surface area contributed by atoms with Crippen molar-refractivity contribution in [1.29, 1.82) is 0 Å². The number of aromatic nitrogens is 3. The van der Waals surface area contributed by atoms with Gasteiger partial charge in [-0.1, -0.05) is 86.6 Å². The molecule has 0 fully saturated rings. The average molecular weight is 652 g/mol. The molecule has 0 spiro atoms. The van der Waals surface area contributed by atoms with Crippen LogP contribution >= 0.6 is 15.9 Å². The van der Waals surface area contributed by atoms with Crippen LogP contribution in [0.5, 0.6) is 11.8 Å². The molecule has 0 unspecified atom stereocenters. The molecule has 2 aromatic heterocycles. The van der Waals surface area contributed by atoms with Gasteiger partial charge >= 0.3 is 0 Å². The van der Waals surface area contributed by atoms with Gasteiger partial charge in [-0.25, -0.2) is 0 Å². The third-order valence-corrected chi connectivity index (χ3v) is 5.99. The zero-order valence-corrected chi connectivity index (χ0v) is 24.6. The van der Waals surface area contributed by atoms with E-state index in [4.69, 9.17) is 19.6 Å². The van der Waals surface area contributed by atoms with Crippen LogP contribution in [-0.2, 0) is 40.7 Å². The number of pyridine rings is 1. The van der Waals surface area contributed by atoms with E-state index in [2.05, 4.69) is 22.0 Å². The molecule has 5 aromatic rings. The van der Waals surface area contributed by atoms with E-state index < -0.39 is 0 Å². The van der Waals surface area contributed by atoms with Crippen molar-refractivity contribution in [2.75, 3.05) is 0 Å². The maximum absolute atomic E-state index is 6.21. The minimum Gasteiger partial charge on any atom is -0.473 e. The molecule has 0 N–H and O–H groups in total. The number of ether oxygens (including phenoxy) is 2. The van der Waals surface area contributed by atoms with Crippen molar-refractivity contribution >= 4 is 26.8 Å². The molecular formula is C30H31BrN3O2Pd-. The van der Waals surface area contributed by atoms with Crippen molar-refractivity contribution in [1.82, 2.24) is 14.8 Å². The van der Waals surface area contributed by atoms with E-state index in [1.165, 1.54) is 0 Å². The fourth-order valence-electron chi connectivity index (χ4n) is 3.74. The first-order chi connectivity index (χ1) is 17.2. The summed E-state index contributed by atoms with van der Waals surface area (Å²) in [7, 11) is 1.94. The van der Waals surface area contributed by atoms with Gasteiger partial charge < -0.3 is 16.9 Å². The van der Waals surface area contributed by atoms with E-state index in [-0.39, 0.29) is 27.8 Å². The molecule has 0 amide bonds. The third-order valence-electron chi connectivity index (χ3n) is 5.35. The van der Waals surface area contributed by atoms with Crippen LogP contribution in [0.2, 0.25) is 0 Å². The summed E-state index contributed by atoms with van der Waals surface area (Å²) < 4.78 is 15.0. The molecule has 196 valence electrons. The predicted octanol–water partition coefficient (Wildman–Crippen LogP) is 8.03. The van der Waals surface area contributed by atoms with Crippen molar-refractivity contribution in [3.05, 3.63) is 114 Å². The van der Waals surface area contributed by atoms with Crippen LogP contribution in [0.4, 0.5) is 0 Å². The Labute approximate surface area is 241 Å². The smallest absolute Gasteiger partial charge is 0.226 e. The summed E-state index contributed by atoms with van der Waals surface area (Å²) in [6.07, 6.45) is 0. The van der Waals surface area contributed by atoms with Crippen LogP contribution in [0.1, 0.15) is 25.0 Å². The number of aryl methyl sites for hydroxylation is 1. The number of fused-ring (bicyclic) bond motifs is 1. The van der Waals surface area contributed by atoms with Crippen molar-refractivity contribution in [2.45, 2.75) is 27.1 Å². The molecule has 0 aliphatic rings. The number of hydrogen-bond donors (Lipinski definition) is 0. The Morgan fingerprint density at radius 3 is 1.97 bits per heavy atom. The Hall–Kier alpha value is -2.98. The number of halogens is 1.